The van der Waals surface area contributed by atoms with Crippen LogP contribution < -0.4 is 4.90 Å². The first-order valence-electron chi connectivity index (χ1n) is 8.14. The van der Waals surface area contributed by atoms with E-state index in [4.69, 9.17) is 0 Å². The number of hydrogen-bond donors (Lipinski definition) is 0. The molecule has 0 bridgehead atoms. The summed E-state index contributed by atoms with van der Waals surface area (Å²) >= 11 is 0. The molecule has 0 unspecified atom stereocenters. The Morgan fingerprint density at radius 2 is 1.73 bits per heavy atom. The highest BCUT2D eigenvalue weighted by molar-refractivity contribution is 7.89. The molecule has 0 radical (unpaired) electrons. The lowest BCUT2D eigenvalue weighted by Gasteiger charge is -2.35. The quantitative estimate of drug-likeness (QED) is 0.680. The first-order valence-corrected chi connectivity index (χ1v) is 9.58. The summed E-state index contributed by atoms with van der Waals surface area (Å²) in [5, 5.41) is 12.4. The van der Waals surface area contributed by atoms with Gasteiger partial charge in [0.05, 0.1) is 16.8 Å². The minimum Gasteiger partial charge on any atom is -0.367 e. The van der Waals surface area contributed by atoms with Crippen LogP contribution in [0.1, 0.15) is 5.82 Å². The van der Waals surface area contributed by atoms with E-state index in [9.17, 15) is 12.8 Å². The summed E-state index contributed by atoms with van der Waals surface area (Å²) in [6.07, 6.45) is 1.73. The van der Waals surface area contributed by atoms with Gasteiger partial charge >= 0.3 is 0 Å². The smallest absolute Gasteiger partial charge is 0.243 e. The lowest BCUT2D eigenvalue weighted by atomic mass is 10.3. The van der Waals surface area contributed by atoms with Crippen LogP contribution >= 0.6 is 0 Å². The Bertz CT molecular complexity index is 1040. The number of hydrogen-bond acceptors (Lipinski definition) is 6. The molecule has 0 saturated carbocycles. The lowest BCUT2D eigenvalue weighted by Crippen LogP contribution is -2.48. The second kappa shape index (κ2) is 6.29. The number of rotatable bonds is 3. The maximum atomic E-state index is 13.0. The summed E-state index contributed by atoms with van der Waals surface area (Å²) in [6.45, 7) is 3.58. The summed E-state index contributed by atoms with van der Waals surface area (Å²) < 4.78 is 41.4. The van der Waals surface area contributed by atoms with E-state index in [1.807, 2.05) is 13.0 Å². The van der Waals surface area contributed by atoms with Crippen molar-refractivity contribution in [3.05, 3.63) is 48.2 Å². The number of aryl methyl sites for hydroxylation is 1. The van der Waals surface area contributed by atoms with Crippen molar-refractivity contribution in [2.75, 3.05) is 31.1 Å². The molecular formula is C16H17FN6O2S. The number of sulfonamides is 1. The fourth-order valence-corrected chi connectivity index (χ4v) is 4.43. The molecule has 1 aromatic carbocycles. The van der Waals surface area contributed by atoms with Gasteiger partial charge in [0.1, 0.15) is 5.82 Å². The van der Waals surface area contributed by atoms with Crippen molar-refractivity contribution in [2.45, 2.75) is 11.8 Å². The highest BCUT2D eigenvalue weighted by Gasteiger charge is 2.28. The van der Waals surface area contributed by atoms with E-state index in [-0.39, 0.29) is 4.90 Å². The van der Waals surface area contributed by atoms with Crippen molar-refractivity contribution in [3.63, 3.8) is 0 Å². The van der Waals surface area contributed by atoms with E-state index < -0.39 is 15.8 Å². The molecule has 1 aliphatic heterocycles. The SMILES string of the molecule is Cc1nnc2cc(N3CCN(S(=O)(=O)c4ccc(F)cc4)CC3)cnn12. The maximum Gasteiger partial charge on any atom is 0.243 e. The van der Waals surface area contributed by atoms with Crippen molar-refractivity contribution in [3.8, 4) is 0 Å². The van der Waals surface area contributed by atoms with E-state index in [0.717, 1.165) is 17.8 Å². The fraction of sp³-hybridized carbons (Fsp3) is 0.312. The van der Waals surface area contributed by atoms with Gasteiger partial charge in [0.25, 0.3) is 0 Å². The standard InChI is InChI=1S/C16H17FN6O2S/c1-12-19-20-16-10-14(11-18-23(12)16)21-6-8-22(9-7-21)26(24,25)15-4-2-13(17)3-5-15/h2-5,10-11H,6-9H2,1H3. The second-order valence-electron chi connectivity index (χ2n) is 6.08. The van der Waals surface area contributed by atoms with Crippen molar-refractivity contribution in [2.24, 2.45) is 0 Å². The Morgan fingerprint density at radius 1 is 1.04 bits per heavy atom. The number of fused-ring (bicyclic) bond motifs is 1. The molecule has 10 heteroatoms. The van der Waals surface area contributed by atoms with Crippen LogP contribution in [0, 0.1) is 12.7 Å². The van der Waals surface area contributed by atoms with Crippen molar-refractivity contribution in [1.82, 2.24) is 24.1 Å². The molecule has 2 aromatic heterocycles. The predicted molar refractivity (Wildman–Crippen MR) is 92.9 cm³/mol. The molecule has 26 heavy (non-hydrogen) atoms. The van der Waals surface area contributed by atoms with Gasteiger partial charge in [0.2, 0.25) is 10.0 Å². The van der Waals surface area contributed by atoms with E-state index in [0.29, 0.717) is 37.7 Å². The van der Waals surface area contributed by atoms with Gasteiger partial charge in [-0.1, -0.05) is 0 Å². The van der Waals surface area contributed by atoms with E-state index in [1.54, 1.807) is 10.7 Å². The molecule has 1 aliphatic rings. The third-order valence-electron chi connectivity index (χ3n) is 4.46. The van der Waals surface area contributed by atoms with Crippen molar-refractivity contribution >= 4 is 21.4 Å². The number of nitrogens with zero attached hydrogens (tertiary/aromatic N) is 6. The normalized spacial score (nSPS) is 16.3. The summed E-state index contributed by atoms with van der Waals surface area (Å²) in [4.78, 5) is 2.17. The third kappa shape index (κ3) is 2.90. The summed E-state index contributed by atoms with van der Waals surface area (Å²) in [5.41, 5.74) is 1.53. The van der Waals surface area contributed by atoms with Gasteiger partial charge in [-0.15, -0.1) is 10.2 Å². The highest BCUT2D eigenvalue weighted by Crippen LogP contribution is 2.21. The van der Waals surface area contributed by atoms with Crippen molar-refractivity contribution in [1.29, 1.82) is 0 Å². The average Bonchev–Trinajstić information content (AvgIpc) is 3.03. The zero-order valence-electron chi connectivity index (χ0n) is 14.1. The molecule has 8 nitrogen and oxygen atoms in total. The first-order chi connectivity index (χ1) is 12.4. The second-order valence-corrected chi connectivity index (χ2v) is 8.01. The monoisotopic (exact) mass is 376 g/mol. The molecule has 136 valence electrons. The van der Waals surface area contributed by atoms with Crippen LogP contribution in [0.4, 0.5) is 10.1 Å². The molecule has 0 N–H and O–H groups in total. The molecule has 3 aromatic rings. The zero-order chi connectivity index (χ0) is 18.3. The maximum absolute atomic E-state index is 13.0. The summed E-state index contributed by atoms with van der Waals surface area (Å²) in [7, 11) is -3.62. The molecule has 0 amide bonds. The van der Waals surface area contributed by atoms with Gasteiger partial charge in [-0.05, 0) is 31.2 Å². The molecule has 3 heterocycles. The van der Waals surface area contributed by atoms with Crippen LogP contribution in [0.2, 0.25) is 0 Å². The van der Waals surface area contributed by atoms with Gasteiger partial charge in [0.15, 0.2) is 11.5 Å². The number of anilines is 1. The van der Waals surface area contributed by atoms with Crippen LogP contribution in [-0.4, -0.2) is 58.7 Å². The molecule has 4 rings (SSSR count). The lowest BCUT2D eigenvalue weighted by molar-refractivity contribution is 0.384. The van der Waals surface area contributed by atoms with Gasteiger partial charge in [-0.3, -0.25) is 0 Å². The van der Waals surface area contributed by atoms with E-state index in [2.05, 4.69) is 20.2 Å². The van der Waals surface area contributed by atoms with Gasteiger partial charge < -0.3 is 4.90 Å². The van der Waals surface area contributed by atoms with Crippen LogP contribution in [0.5, 0.6) is 0 Å². The van der Waals surface area contributed by atoms with Gasteiger partial charge in [-0.25, -0.2) is 12.8 Å². The first kappa shape index (κ1) is 16.9. The zero-order valence-corrected chi connectivity index (χ0v) is 14.9. The molecular weight excluding hydrogens is 359 g/mol. The Hall–Kier alpha value is -2.59. The number of piperazine rings is 1. The van der Waals surface area contributed by atoms with E-state index >= 15 is 0 Å². The van der Waals surface area contributed by atoms with Crippen LogP contribution in [0.15, 0.2) is 41.4 Å². The topological polar surface area (TPSA) is 83.7 Å². The Morgan fingerprint density at radius 3 is 2.42 bits per heavy atom. The molecule has 1 fully saturated rings. The molecule has 0 spiro atoms. The number of aromatic nitrogens is 4. The largest absolute Gasteiger partial charge is 0.367 e. The Kier molecular flexibility index (Phi) is 4.08. The summed E-state index contributed by atoms with van der Waals surface area (Å²) in [6, 6.07) is 6.79. The molecule has 0 aliphatic carbocycles. The minimum atomic E-state index is -3.62. The van der Waals surface area contributed by atoms with Gasteiger partial charge in [-0.2, -0.15) is 13.9 Å². The minimum absolute atomic E-state index is 0.106. The fourth-order valence-electron chi connectivity index (χ4n) is 3.01. The van der Waals surface area contributed by atoms with Crippen LogP contribution in [-0.2, 0) is 10.0 Å². The predicted octanol–water partition coefficient (Wildman–Crippen LogP) is 1.08. The van der Waals surface area contributed by atoms with E-state index in [1.165, 1.54) is 16.4 Å². The average molecular weight is 376 g/mol. The van der Waals surface area contributed by atoms with Gasteiger partial charge in [0, 0.05) is 32.2 Å². The Balaban J connectivity index is 1.50. The van der Waals surface area contributed by atoms with Crippen molar-refractivity contribution < 1.29 is 12.8 Å². The third-order valence-corrected chi connectivity index (χ3v) is 6.37. The Labute approximate surface area is 149 Å². The highest BCUT2D eigenvalue weighted by atomic mass is 32.2. The molecule has 0 atom stereocenters. The van der Waals surface area contributed by atoms with Crippen LogP contribution in [0.3, 0.4) is 0 Å². The van der Waals surface area contributed by atoms with Crippen LogP contribution in [0.25, 0.3) is 5.65 Å². The summed E-state index contributed by atoms with van der Waals surface area (Å²) in [5.74, 6) is 0.252. The number of halogens is 1. The molecule has 1 saturated heterocycles. The number of benzene rings is 1.